The van der Waals surface area contributed by atoms with Gasteiger partial charge in [-0.2, -0.15) is 0 Å². The topological polar surface area (TPSA) is 69.6 Å². The van der Waals surface area contributed by atoms with Crippen molar-refractivity contribution in [3.05, 3.63) is 66.4 Å². The maximum atomic E-state index is 13.6. The van der Waals surface area contributed by atoms with E-state index in [1.165, 1.54) is 0 Å². The fourth-order valence-corrected chi connectivity index (χ4v) is 4.96. The summed E-state index contributed by atoms with van der Waals surface area (Å²) < 4.78 is 0. The molecule has 0 atom stereocenters. The summed E-state index contributed by atoms with van der Waals surface area (Å²) in [6.45, 7) is 8.00. The Labute approximate surface area is 212 Å². The molecular weight excluding hydrogens is 450 g/mol. The summed E-state index contributed by atoms with van der Waals surface area (Å²) in [5.41, 5.74) is 4.37. The van der Waals surface area contributed by atoms with E-state index in [2.05, 4.69) is 41.1 Å². The fraction of sp³-hybridized carbons (Fsp3) is 0.379. The number of anilines is 1. The summed E-state index contributed by atoms with van der Waals surface area (Å²) >= 11 is 0. The first kappa shape index (κ1) is 24.0. The molecule has 2 fully saturated rings. The largest absolute Gasteiger partial charge is 0.339 e. The minimum absolute atomic E-state index is 0.00279. The monoisotopic (exact) mass is 483 g/mol. The van der Waals surface area contributed by atoms with Crippen molar-refractivity contribution >= 4 is 17.8 Å². The average Bonchev–Trinajstić information content (AvgIpc) is 2.93. The van der Waals surface area contributed by atoms with Crippen LogP contribution in [-0.4, -0.2) is 70.9 Å². The van der Waals surface area contributed by atoms with E-state index >= 15 is 0 Å². The van der Waals surface area contributed by atoms with E-state index in [1.54, 1.807) is 13.1 Å². The molecule has 0 N–H and O–H groups in total. The van der Waals surface area contributed by atoms with E-state index in [0.717, 1.165) is 42.6 Å². The number of amides is 2. The molecule has 36 heavy (non-hydrogen) atoms. The molecule has 3 aromatic rings. The van der Waals surface area contributed by atoms with Gasteiger partial charge in [-0.1, -0.05) is 61.5 Å². The lowest BCUT2D eigenvalue weighted by Crippen LogP contribution is -2.48. The Bertz CT molecular complexity index is 1210. The number of piperidine rings is 1. The second kappa shape index (κ2) is 10.5. The first-order chi connectivity index (χ1) is 17.5. The summed E-state index contributed by atoms with van der Waals surface area (Å²) in [4.78, 5) is 40.7. The second-order valence-corrected chi connectivity index (χ2v) is 9.84. The van der Waals surface area contributed by atoms with Gasteiger partial charge in [-0.05, 0) is 29.9 Å². The zero-order chi connectivity index (χ0) is 25.1. The molecule has 186 valence electrons. The molecule has 1 aromatic heterocycles. The first-order valence-corrected chi connectivity index (χ1v) is 12.8. The van der Waals surface area contributed by atoms with Crippen LogP contribution in [0.25, 0.3) is 22.4 Å². The molecule has 0 radical (unpaired) electrons. The molecular formula is C29H33N5O2. The smallest absolute Gasteiger partial charge is 0.257 e. The minimum Gasteiger partial charge on any atom is -0.339 e. The zero-order valence-electron chi connectivity index (χ0n) is 21.1. The number of carbonyl (C=O) groups excluding carboxylic acids is 2. The molecule has 3 heterocycles. The molecule has 0 aliphatic carbocycles. The van der Waals surface area contributed by atoms with Gasteiger partial charge in [-0.25, -0.2) is 9.97 Å². The van der Waals surface area contributed by atoms with E-state index in [4.69, 9.17) is 4.98 Å². The molecule has 0 bridgehead atoms. The molecule has 7 nitrogen and oxygen atoms in total. The maximum Gasteiger partial charge on any atom is 0.257 e. The number of carbonyl (C=O) groups is 2. The van der Waals surface area contributed by atoms with Gasteiger partial charge in [0.05, 0.1) is 11.3 Å². The number of hydrogen-bond donors (Lipinski definition) is 0. The number of rotatable bonds is 4. The van der Waals surface area contributed by atoms with Crippen molar-refractivity contribution in [3.8, 4) is 22.4 Å². The molecule has 2 aromatic carbocycles. The van der Waals surface area contributed by atoms with Gasteiger partial charge in [0.15, 0.2) is 0 Å². The Balaban J connectivity index is 1.47. The number of hydrogen-bond acceptors (Lipinski definition) is 5. The number of aromatic nitrogens is 2. The van der Waals surface area contributed by atoms with Crippen LogP contribution in [0, 0.1) is 5.92 Å². The van der Waals surface area contributed by atoms with Crippen LogP contribution in [0.4, 0.5) is 5.95 Å². The molecule has 0 spiro atoms. The zero-order valence-corrected chi connectivity index (χ0v) is 21.1. The SMILES string of the molecule is CC(=O)N1CCN(c2ncc(C(=O)N3CCC(C)CC3)c(-c3ccc(-c4ccccc4)cc3)n2)CC1. The Kier molecular flexibility index (Phi) is 6.98. The maximum absolute atomic E-state index is 13.6. The third-order valence-corrected chi connectivity index (χ3v) is 7.35. The highest BCUT2D eigenvalue weighted by Gasteiger charge is 2.27. The number of benzene rings is 2. The van der Waals surface area contributed by atoms with Crippen molar-refractivity contribution in [1.29, 1.82) is 0 Å². The standard InChI is InChI=1S/C29H33N5O2/c1-21-12-14-33(15-13-21)28(36)26-20-30-29(34-18-16-32(17-19-34)22(2)35)31-27(26)25-10-8-24(9-11-25)23-6-4-3-5-7-23/h3-11,20-21H,12-19H2,1-2H3. The van der Waals surface area contributed by atoms with Gasteiger partial charge in [0.25, 0.3) is 5.91 Å². The lowest BCUT2D eigenvalue weighted by molar-refractivity contribution is -0.129. The molecule has 2 aliphatic rings. The van der Waals surface area contributed by atoms with E-state index in [-0.39, 0.29) is 11.8 Å². The highest BCUT2D eigenvalue weighted by atomic mass is 16.2. The summed E-state index contributed by atoms with van der Waals surface area (Å²) in [6, 6.07) is 18.5. The van der Waals surface area contributed by atoms with Crippen LogP contribution in [0.2, 0.25) is 0 Å². The van der Waals surface area contributed by atoms with Gasteiger partial charge < -0.3 is 14.7 Å². The lowest BCUT2D eigenvalue weighted by atomic mass is 9.97. The van der Waals surface area contributed by atoms with Crippen LogP contribution in [0.3, 0.4) is 0 Å². The minimum atomic E-state index is -0.00279. The fourth-order valence-electron chi connectivity index (χ4n) is 4.96. The van der Waals surface area contributed by atoms with Gasteiger partial charge in [0.1, 0.15) is 0 Å². The number of piperazine rings is 1. The van der Waals surface area contributed by atoms with Crippen LogP contribution >= 0.6 is 0 Å². The number of nitrogens with zero attached hydrogens (tertiary/aromatic N) is 5. The van der Waals surface area contributed by atoms with Crippen LogP contribution in [0.5, 0.6) is 0 Å². The summed E-state index contributed by atoms with van der Waals surface area (Å²) in [5, 5.41) is 0. The second-order valence-electron chi connectivity index (χ2n) is 9.84. The van der Waals surface area contributed by atoms with Gasteiger partial charge in [-0.15, -0.1) is 0 Å². The van der Waals surface area contributed by atoms with Crippen molar-refractivity contribution in [2.45, 2.75) is 26.7 Å². The van der Waals surface area contributed by atoms with Gasteiger partial charge in [0, 0.05) is 58.0 Å². The van der Waals surface area contributed by atoms with Crippen molar-refractivity contribution in [3.63, 3.8) is 0 Å². The molecule has 0 saturated carbocycles. The van der Waals surface area contributed by atoms with Crippen molar-refractivity contribution < 1.29 is 9.59 Å². The van der Waals surface area contributed by atoms with Crippen LogP contribution in [-0.2, 0) is 4.79 Å². The highest BCUT2D eigenvalue weighted by molar-refractivity contribution is 6.00. The van der Waals surface area contributed by atoms with E-state index in [0.29, 0.717) is 49.3 Å². The van der Waals surface area contributed by atoms with Crippen LogP contribution < -0.4 is 4.90 Å². The molecule has 2 saturated heterocycles. The molecule has 2 amide bonds. The van der Waals surface area contributed by atoms with Crippen molar-refractivity contribution in [1.82, 2.24) is 19.8 Å². The lowest BCUT2D eigenvalue weighted by Gasteiger charge is -2.34. The summed E-state index contributed by atoms with van der Waals surface area (Å²) in [6.07, 6.45) is 3.74. The van der Waals surface area contributed by atoms with E-state index in [1.807, 2.05) is 40.1 Å². The normalized spacial score (nSPS) is 16.8. The predicted octanol–water partition coefficient (Wildman–Crippen LogP) is 4.35. The third-order valence-electron chi connectivity index (χ3n) is 7.35. The molecule has 7 heteroatoms. The molecule has 5 rings (SSSR count). The predicted molar refractivity (Wildman–Crippen MR) is 142 cm³/mol. The van der Waals surface area contributed by atoms with E-state index < -0.39 is 0 Å². The van der Waals surface area contributed by atoms with Gasteiger partial charge in [0.2, 0.25) is 11.9 Å². The summed E-state index contributed by atoms with van der Waals surface area (Å²) in [5.74, 6) is 1.33. The first-order valence-electron chi connectivity index (χ1n) is 12.8. The van der Waals surface area contributed by atoms with Crippen molar-refractivity contribution in [2.75, 3.05) is 44.2 Å². The average molecular weight is 484 g/mol. The Morgan fingerprint density at radius 3 is 2.03 bits per heavy atom. The van der Waals surface area contributed by atoms with Gasteiger partial charge >= 0.3 is 0 Å². The van der Waals surface area contributed by atoms with E-state index in [9.17, 15) is 9.59 Å². The quantitative estimate of drug-likeness (QED) is 0.552. The molecule has 0 unspecified atom stereocenters. The Morgan fingerprint density at radius 1 is 0.778 bits per heavy atom. The van der Waals surface area contributed by atoms with Crippen LogP contribution in [0.15, 0.2) is 60.8 Å². The summed E-state index contributed by atoms with van der Waals surface area (Å²) in [7, 11) is 0. The Morgan fingerprint density at radius 2 is 1.39 bits per heavy atom. The molecule has 2 aliphatic heterocycles. The van der Waals surface area contributed by atoms with Gasteiger partial charge in [-0.3, -0.25) is 9.59 Å². The third kappa shape index (κ3) is 5.10. The highest BCUT2D eigenvalue weighted by Crippen LogP contribution is 2.29. The number of likely N-dealkylation sites (tertiary alicyclic amines) is 1. The Hall–Kier alpha value is -3.74. The van der Waals surface area contributed by atoms with Crippen molar-refractivity contribution in [2.24, 2.45) is 5.92 Å². The van der Waals surface area contributed by atoms with Crippen LogP contribution in [0.1, 0.15) is 37.0 Å².